The molecule has 1 amide bonds. The summed E-state index contributed by atoms with van der Waals surface area (Å²) in [6.07, 6.45) is 3.61. The van der Waals surface area contributed by atoms with E-state index in [1.54, 1.807) is 0 Å². The first-order chi connectivity index (χ1) is 14.1. The van der Waals surface area contributed by atoms with Crippen LogP contribution in [-0.2, 0) is 0 Å². The van der Waals surface area contributed by atoms with E-state index in [0.29, 0.717) is 17.7 Å². The highest BCUT2D eigenvalue weighted by molar-refractivity contribution is 5.98. The molecule has 0 unspecified atom stereocenters. The standard InChI is InChI=1S/C23H25N5O/c1-16-6-5-9-19(14-16)26-22-20(21(24)29)15-25-23(27-22)28-12-10-18(11-13-28)17-7-3-2-4-8-17/h2-9,14-15,18H,10-13H2,1H3,(H2,24,29)(H,25,26,27). The summed E-state index contributed by atoms with van der Waals surface area (Å²) in [7, 11) is 0. The fraction of sp³-hybridized carbons (Fsp3) is 0.261. The van der Waals surface area contributed by atoms with Crippen molar-refractivity contribution in [3.8, 4) is 0 Å². The number of anilines is 3. The molecular formula is C23H25N5O. The van der Waals surface area contributed by atoms with Crippen LogP contribution in [0.1, 0.15) is 40.2 Å². The fourth-order valence-electron chi connectivity index (χ4n) is 3.80. The summed E-state index contributed by atoms with van der Waals surface area (Å²) in [5, 5.41) is 3.23. The Hall–Kier alpha value is -3.41. The second-order valence-corrected chi connectivity index (χ2v) is 7.46. The molecule has 0 aliphatic carbocycles. The number of primary amides is 1. The van der Waals surface area contributed by atoms with E-state index in [9.17, 15) is 4.79 Å². The van der Waals surface area contributed by atoms with Crippen LogP contribution in [0.3, 0.4) is 0 Å². The summed E-state index contributed by atoms with van der Waals surface area (Å²) in [4.78, 5) is 23.1. The van der Waals surface area contributed by atoms with Crippen molar-refractivity contribution in [2.75, 3.05) is 23.3 Å². The molecule has 148 valence electrons. The zero-order chi connectivity index (χ0) is 20.2. The Kier molecular flexibility index (Phi) is 5.42. The van der Waals surface area contributed by atoms with E-state index in [1.807, 2.05) is 31.2 Å². The maximum Gasteiger partial charge on any atom is 0.254 e. The quantitative estimate of drug-likeness (QED) is 0.691. The average Bonchev–Trinajstić information content (AvgIpc) is 2.74. The van der Waals surface area contributed by atoms with Crippen LogP contribution in [0.25, 0.3) is 0 Å². The number of nitrogens with zero attached hydrogens (tertiary/aromatic N) is 3. The lowest BCUT2D eigenvalue weighted by molar-refractivity contribution is 0.100. The van der Waals surface area contributed by atoms with Crippen molar-refractivity contribution >= 4 is 23.4 Å². The minimum Gasteiger partial charge on any atom is -0.365 e. The molecule has 2 aromatic carbocycles. The molecule has 2 heterocycles. The lowest BCUT2D eigenvalue weighted by atomic mass is 9.90. The van der Waals surface area contributed by atoms with Gasteiger partial charge in [0, 0.05) is 25.0 Å². The second kappa shape index (κ2) is 8.31. The van der Waals surface area contributed by atoms with E-state index < -0.39 is 5.91 Å². The molecule has 0 bridgehead atoms. The lowest BCUT2D eigenvalue weighted by Gasteiger charge is -2.32. The van der Waals surface area contributed by atoms with Gasteiger partial charge in [-0.3, -0.25) is 4.79 Å². The summed E-state index contributed by atoms with van der Waals surface area (Å²) < 4.78 is 0. The minimum atomic E-state index is -0.547. The van der Waals surface area contributed by atoms with Crippen molar-refractivity contribution in [2.24, 2.45) is 5.73 Å². The number of benzene rings is 2. The van der Waals surface area contributed by atoms with Gasteiger partial charge in [0.25, 0.3) is 5.91 Å². The summed E-state index contributed by atoms with van der Waals surface area (Å²) in [6, 6.07) is 18.5. The second-order valence-electron chi connectivity index (χ2n) is 7.46. The van der Waals surface area contributed by atoms with Crippen molar-refractivity contribution in [2.45, 2.75) is 25.7 Å². The number of carbonyl (C=O) groups excluding carboxylic acids is 1. The third-order valence-electron chi connectivity index (χ3n) is 5.37. The van der Waals surface area contributed by atoms with Gasteiger partial charge in [-0.1, -0.05) is 42.5 Å². The van der Waals surface area contributed by atoms with Crippen LogP contribution < -0.4 is 16.0 Å². The molecule has 1 fully saturated rings. The van der Waals surface area contributed by atoms with Crippen molar-refractivity contribution in [1.29, 1.82) is 0 Å². The Morgan fingerprint density at radius 3 is 2.55 bits per heavy atom. The van der Waals surface area contributed by atoms with Gasteiger partial charge in [0.15, 0.2) is 0 Å². The number of carbonyl (C=O) groups is 1. The smallest absolute Gasteiger partial charge is 0.254 e. The molecule has 1 aliphatic rings. The number of rotatable bonds is 5. The first-order valence-corrected chi connectivity index (χ1v) is 9.90. The maximum atomic E-state index is 11.9. The normalized spacial score (nSPS) is 14.6. The van der Waals surface area contributed by atoms with E-state index in [1.165, 1.54) is 11.8 Å². The predicted molar refractivity (Wildman–Crippen MR) is 116 cm³/mol. The SMILES string of the molecule is Cc1cccc(Nc2nc(N3CCC(c4ccccc4)CC3)ncc2C(N)=O)c1. The topological polar surface area (TPSA) is 84.1 Å². The van der Waals surface area contributed by atoms with E-state index >= 15 is 0 Å². The van der Waals surface area contributed by atoms with Gasteiger partial charge in [0.1, 0.15) is 11.4 Å². The molecule has 1 saturated heterocycles. The molecule has 6 heteroatoms. The van der Waals surface area contributed by atoms with Crippen LogP contribution in [0.5, 0.6) is 0 Å². The molecule has 1 aromatic heterocycles. The minimum absolute atomic E-state index is 0.287. The van der Waals surface area contributed by atoms with Gasteiger partial charge in [-0.05, 0) is 48.9 Å². The van der Waals surface area contributed by atoms with Gasteiger partial charge in [-0.25, -0.2) is 4.98 Å². The number of piperidine rings is 1. The third kappa shape index (κ3) is 4.37. The van der Waals surface area contributed by atoms with Gasteiger partial charge in [-0.15, -0.1) is 0 Å². The van der Waals surface area contributed by atoms with Crippen molar-refractivity contribution in [3.05, 3.63) is 77.5 Å². The van der Waals surface area contributed by atoms with Crippen molar-refractivity contribution in [1.82, 2.24) is 9.97 Å². The molecule has 0 atom stereocenters. The van der Waals surface area contributed by atoms with Gasteiger partial charge < -0.3 is 16.0 Å². The fourth-order valence-corrected chi connectivity index (χ4v) is 3.80. The van der Waals surface area contributed by atoms with E-state index in [4.69, 9.17) is 5.73 Å². The number of hydrogen-bond donors (Lipinski definition) is 2. The summed E-state index contributed by atoms with van der Waals surface area (Å²) >= 11 is 0. The molecule has 29 heavy (non-hydrogen) atoms. The molecule has 0 saturated carbocycles. The van der Waals surface area contributed by atoms with Crippen LogP contribution in [0.15, 0.2) is 60.8 Å². The van der Waals surface area contributed by atoms with Crippen LogP contribution in [-0.4, -0.2) is 29.0 Å². The highest BCUT2D eigenvalue weighted by Crippen LogP contribution is 2.30. The summed E-state index contributed by atoms with van der Waals surface area (Å²) in [5.74, 6) is 1.08. The lowest BCUT2D eigenvalue weighted by Crippen LogP contribution is -2.34. The zero-order valence-electron chi connectivity index (χ0n) is 16.5. The Morgan fingerprint density at radius 2 is 1.86 bits per heavy atom. The van der Waals surface area contributed by atoms with Crippen LogP contribution >= 0.6 is 0 Å². The molecule has 4 rings (SSSR count). The van der Waals surface area contributed by atoms with E-state index in [-0.39, 0.29) is 5.56 Å². The number of nitrogens with one attached hydrogen (secondary N) is 1. The number of nitrogens with two attached hydrogens (primary N) is 1. The third-order valence-corrected chi connectivity index (χ3v) is 5.37. The van der Waals surface area contributed by atoms with E-state index in [2.05, 4.69) is 50.5 Å². The maximum absolute atomic E-state index is 11.9. The van der Waals surface area contributed by atoms with Crippen LogP contribution in [0.2, 0.25) is 0 Å². The predicted octanol–water partition coefficient (Wildman–Crippen LogP) is 4.01. The first kappa shape index (κ1) is 18.9. The van der Waals surface area contributed by atoms with Crippen molar-refractivity contribution < 1.29 is 4.79 Å². The van der Waals surface area contributed by atoms with Crippen LogP contribution in [0.4, 0.5) is 17.5 Å². The Morgan fingerprint density at radius 1 is 1.10 bits per heavy atom. The van der Waals surface area contributed by atoms with E-state index in [0.717, 1.165) is 37.2 Å². The summed E-state index contributed by atoms with van der Waals surface area (Å²) in [5.41, 5.74) is 9.19. The number of amides is 1. The number of aryl methyl sites for hydroxylation is 1. The number of aromatic nitrogens is 2. The Bertz CT molecular complexity index is 997. The summed E-state index contributed by atoms with van der Waals surface area (Å²) in [6.45, 7) is 3.77. The van der Waals surface area contributed by atoms with Gasteiger partial charge in [0.2, 0.25) is 5.95 Å². The van der Waals surface area contributed by atoms with Gasteiger partial charge in [0.05, 0.1) is 0 Å². The molecule has 0 spiro atoms. The first-order valence-electron chi connectivity index (χ1n) is 9.90. The highest BCUT2D eigenvalue weighted by atomic mass is 16.1. The van der Waals surface area contributed by atoms with Gasteiger partial charge >= 0.3 is 0 Å². The molecular weight excluding hydrogens is 362 g/mol. The molecule has 0 radical (unpaired) electrons. The zero-order valence-corrected chi connectivity index (χ0v) is 16.5. The Balaban J connectivity index is 1.53. The van der Waals surface area contributed by atoms with Gasteiger partial charge in [-0.2, -0.15) is 4.98 Å². The Labute approximate surface area is 170 Å². The van der Waals surface area contributed by atoms with Crippen LogP contribution in [0, 0.1) is 6.92 Å². The molecule has 6 nitrogen and oxygen atoms in total. The largest absolute Gasteiger partial charge is 0.365 e. The monoisotopic (exact) mass is 387 g/mol. The molecule has 1 aliphatic heterocycles. The number of hydrogen-bond acceptors (Lipinski definition) is 5. The molecule has 3 aromatic rings. The average molecular weight is 387 g/mol. The molecule has 3 N–H and O–H groups in total. The highest BCUT2D eigenvalue weighted by Gasteiger charge is 2.23. The van der Waals surface area contributed by atoms with Crippen molar-refractivity contribution in [3.63, 3.8) is 0 Å².